The maximum atomic E-state index is 12.7. The van der Waals surface area contributed by atoms with Crippen molar-refractivity contribution in [2.75, 3.05) is 5.32 Å². The third-order valence-electron chi connectivity index (χ3n) is 4.21. The van der Waals surface area contributed by atoms with E-state index in [1.165, 1.54) is 23.9 Å². The molecule has 0 spiro atoms. The van der Waals surface area contributed by atoms with Gasteiger partial charge in [-0.1, -0.05) is 30.0 Å². The zero-order chi connectivity index (χ0) is 21.7. The van der Waals surface area contributed by atoms with Crippen LogP contribution in [0.4, 0.5) is 18.9 Å². The Morgan fingerprint density at radius 1 is 1.23 bits per heavy atom. The van der Waals surface area contributed by atoms with Gasteiger partial charge in [-0.25, -0.2) is 9.98 Å². The molecule has 2 aromatic carbocycles. The van der Waals surface area contributed by atoms with Crippen LogP contribution in [0.1, 0.15) is 23.6 Å². The fourth-order valence-electron chi connectivity index (χ4n) is 2.79. The van der Waals surface area contributed by atoms with Crippen LogP contribution in [0.5, 0.6) is 0 Å². The van der Waals surface area contributed by atoms with Crippen molar-refractivity contribution in [1.82, 2.24) is 0 Å². The Balaban J connectivity index is 1.87. The molecule has 0 atom stereocenters. The highest BCUT2D eigenvalue weighted by Crippen LogP contribution is 2.32. The number of anilines is 1. The molecule has 0 amide bonds. The van der Waals surface area contributed by atoms with E-state index in [4.69, 9.17) is 5.41 Å². The molecule has 9 heteroatoms. The van der Waals surface area contributed by atoms with E-state index in [-0.39, 0.29) is 0 Å². The van der Waals surface area contributed by atoms with Crippen LogP contribution < -0.4 is 5.32 Å². The number of nitriles is 1. The number of aliphatic imine (C=N–C) groups is 2. The molecule has 2 N–H and O–H groups in total. The van der Waals surface area contributed by atoms with Crippen molar-refractivity contribution in [3.63, 3.8) is 0 Å². The van der Waals surface area contributed by atoms with Gasteiger partial charge in [0.15, 0.2) is 0 Å². The molecule has 0 fully saturated rings. The van der Waals surface area contributed by atoms with Gasteiger partial charge in [0.05, 0.1) is 22.2 Å². The lowest BCUT2D eigenvalue weighted by Gasteiger charge is -2.11. The molecule has 152 valence electrons. The molecule has 1 aliphatic rings. The molecule has 0 saturated heterocycles. The summed E-state index contributed by atoms with van der Waals surface area (Å²) in [5.41, 5.74) is 2.24. The Hall–Kier alpha value is -3.38. The maximum absolute atomic E-state index is 12.7. The van der Waals surface area contributed by atoms with Crippen molar-refractivity contribution in [3.8, 4) is 6.07 Å². The summed E-state index contributed by atoms with van der Waals surface area (Å²) in [5, 5.41) is 20.8. The van der Waals surface area contributed by atoms with Crippen LogP contribution in [0.2, 0.25) is 0 Å². The summed E-state index contributed by atoms with van der Waals surface area (Å²) in [5.74, 6) is 0. The molecular weight excluding hydrogens is 411 g/mol. The van der Waals surface area contributed by atoms with Crippen molar-refractivity contribution in [1.29, 1.82) is 10.7 Å². The number of rotatable bonds is 5. The van der Waals surface area contributed by atoms with Crippen molar-refractivity contribution in [3.05, 3.63) is 76.6 Å². The van der Waals surface area contributed by atoms with Gasteiger partial charge in [0.25, 0.3) is 0 Å². The predicted octanol–water partition coefficient (Wildman–Crippen LogP) is 5.61. The Morgan fingerprint density at radius 2 is 1.93 bits per heavy atom. The molecule has 0 aromatic heterocycles. The topological polar surface area (TPSA) is 84.4 Å². The highest BCUT2D eigenvalue weighted by atomic mass is 32.2. The Morgan fingerprint density at radius 3 is 2.57 bits per heavy atom. The SMILES string of the molecule is C/C(Nc1ccc(C(F)(F)F)cc1)=C1/N=C(Cc2ccccc2C#N)S/C1=N/C=N. The molecule has 0 unspecified atom stereocenters. The highest BCUT2D eigenvalue weighted by molar-refractivity contribution is 8.27. The van der Waals surface area contributed by atoms with Crippen molar-refractivity contribution in [2.24, 2.45) is 9.98 Å². The predicted molar refractivity (Wildman–Crippen MR) is 114 cm³/mol. The van der Waals surface area contributed by atoms with E-state index in [9.17, 15) is 18.4 Å². The van der Waals surface area contributed by atoms with Crippen LogP contribution in [0.15, 0.2) is 69.9 Å². The van der Waals surface area contributed by atoms with E-state index >= 15 is 0 Å². The second-order valence-corrected chi connectivity index (χ2v) is 7.35. The zero-order valence-corrected chi connectivity index (χ0v) is 16.6. The van der Waals surface area contributed by atoms with Gasteiger partial charge in [-0.3, -0.25) is 5.41 Å². The number of hydrogen-bond acceptors (Lipinski definition) is 5. The van der Waals surface area contributed by atoms with Gasteiger partial charge >= 0.3 is 6.18 Å². The van der Waals surface area contributed by atoms with Gasteiger partial charge in [-0.05, 0) is 42.8 Å². The Kier molecular flexibility index (Phi) is 6.37. The number of nitrogens with zero attached hydrogens (tertiary/aromatic N) is 3. The lowest BCUT2D eigenvalue weighted by atomic mass is 10.1. The first kappa shape index (κ1) is 21.3. The standard InChI is InChI=1S/C21H16F3N5S/c1-13(28-17-8-6-16(7-9-17)21(22,23)24)19-20(27-12-26)30-18(29-19)10-14-4-2-3-5-15(14)11-25/h2-9,12,26,28H,10H2,1H3/b19-13-,26-12?,27-20+. The average Bonchev–Trinajstić information content (AvgIpc) is 3.11. The minimum atomic E-state index is -4.39. The van der Waals surface area contributed by atoms with Crippen LogP contribution >= 0.6 is 11.8 Å². The van der Waals surface area contributed by atoms with E-state index in [0.29, 0.717) is 39.2 Å². The minimum Gasteiger partial charge on any atom is -0.357 e. The summed E-state index contributed by atoms with van der Waals surface area (Å²) >= 11 is 1.29. The number of hydrogen-bond donors (Lipinski definition) is 2. The third kappa shape index (κ3) is 4.96. The summed E-state index contributed by atoms with van der Waals surface area (Å²) in [6.45, 7) is 1.74. The number of benzene rings is 2. The summed E-state index contributed by atoms with van der Waals surface area (Å²) < 4.78 is 38.2. The molecule has 1 heterocycles. The Bertz CT molecular complexity index is 1090. The highest BCUT2D eigenvalue weighted by Gasteiger charge is 2.30. The van der Waals surface area contributed by atoms with Gasteiger partial charge in [0.1, 0.15) is 17.1 Å². The van der Waals surface area contributed by atoms with Gasteiger partial charge < -0.3 is 5.32 Å². The fourth-order valence-corrected chi connectivity index (χ4v) is 3.77. The number of alkyl halides is 3. The maximum Gasteiger partial charge on any atom is 0.416 e. The first-order valence-electron chi connectivity index (χ1n) is 8.77. The average molecular weight is 427 g/mol. The number of thioether (sulfide) groups is 1. The summed E-state index contributed by atoms with van der Waals surface area (Å²) in [4.78, 5) is 8.63. The normalized spacial score (nSPS) is 16.8. The monoisotopic (exact) mass is 427 g/mol. The smallest absolute Gasteiger partial charge is 0.357 e. The molecule has 5 nitrogen and oxygen atoms in total. The van der Waals surface area contributed by atoms with E-state index in [2.05, 4.69) is 21.4 Å². The molecule has 0 radical (unpaired) electrons. The largest absolute Gasteiger partial charge is 0.416 e. The number of nitrogens with one attached hydrogen (secondary N) is 2. The number of allylic oxidation sites excluding steroid dienone is 1. The van der Waals surface area contributed by atoms with Crippen LogP contribution in [-0.4, -0.2) is 16.4 Å². The first-order chi connectivity index (χ1) is 14.3. The van der Waals surface area contributed by atoms with Gasteiger partial charge in [0, 0.05) is 17.8 Å². The van der Waals surface area contributed by atoms with Gasteiger partial charge in [-0.2, -0.15) is 18.4 Å². The van der Waals surface area contributed by atoms with Gasteiger partial charge in [-0.15, -0.1) is 0 Å². The Labute approximate surface area is 175 Å². The molecular formula is C21H16F3N5S. The molecule has 0 bridgehead atoms. The fraction of sp³-hybridized carbons (Fsp3) is 0.143. The van der Waals surface area contributed by atoms with E-state index in [1.54, 1.807) is 19.1 Å². The lowest BCUT2D eigenvalue weighted by molar-refractivity contribution is -0.137. The molecule has 0 saturated carbocycles. The minimum absolute atomic E-state index is 0.433. The molecule has 1 aliphatic heterocycles. The van der Waals surface area contributed by atoms with E-state index in [0.717, 1.165) is 24.0 Å². The molecule has 3 rings (SSSR count). The van der Waals surface area contributed by atoms with Crippen LogP contribution in [0, 0.1) is 16.7 Å². The summed E-state index contributed by atoms with van der Waals surface area (Å²) in [7, 11) is 0. The van der Waals surface area contributed by atoms with Crippen molar-refractivity contribution < 1.29 is 13.2 Å². The lowest BCUT2D eigenvalue weighted by Crippen LogP contribution is -2.06. The second-order valence-electron chi connectivity index (χ2n) is 6.29. The third-order valence-corrected chi connectivity index (χ3v) is 5.18. The van der Waals surface area contributed by atoms with Crippen LogP contribution in [0.3, 0.4) is 0 Å². The quantitative estimate of drug-likeness (QED) is 0.480. The first-order valence-corrected chi connectivity index (χ1v) is 9.59. The van der Waals surface area contributed by atoms with Gasteiger partial charge in [0.2, 0.25) is 0 Å². The summed E-state index contributed by atoms with van der Waals surface area (Å²) in [6.07, 6.45) is -3.05. The van der Waals surface area contributed by atoms with Crippen molar-refractivity contribution >= 4 is 33.9 Å². The molecule has 0 aliphatic carbocycles. The van der Waals surface area contributed by atoms with Crippen molar-refractivity contribution in [2.45, 2.75) is 19.5 Å². The van der Waals surface area contributed by atoms with Crippen LogP contribution in [0.25, 0.3) is 0 Å². The summed E-state index contributed by atoms with van der Waals surface area (Å²) in [6, 6.07) is 14.1. The van der Waals surface area contributed by atoms with E-state index < -0.39 is 11.7 Å². The van der Waals surface area contributed by atoms with E-state index in [1.807, 2.05) is 12.1 Å². The number of halogens is 3. The molecule has 30 heavy (non-hydrogen) atoms. The zero-order valence-electron chi connectivity index (χ0n) is 15.8. The second kappa shape index (κ2) is 8.97. The van der Waals surface area contributed by atoms with Crippen LogP contribution in [-0.2, 0) is 12.6 Å². The molecule has 2 aromatic rings.